The minimum Gasteiger partial charge on any atom is -0.493 e. The molecule has 126 valence electrons. The molecule has 7 nitrogen and oxygen atoms in total. The summed E-state index contributed by atoms with van der Waals surface area (Å²) in [6.07, 6.45) is 0.253. The van der Waals surface area contributed by atoms with Gasteiger partial charge in [-0.2, -0.15) is 0 Å². The molecule has 1 aliphatic heterocycles. The zero-order valence-electron chi connectivity index (χ0n) is 13.1. The smallest absolute Gasteiger partial charge is 0.315 e. The molecule has 1 aromatic carbocycles. The van der Waals surface area contributed by atoms with Gasteiger partial charge in [-0.3, -0.25) is 4.79 Å². The monoisotopic (exact) mass is 341 g/mol. The van der Waals surface area contributed by atoms with E-state index < -0.39 is 0 Å². The van der Waals surface area contributed by atoms with E-state index in [-0.39, 0.29) is 24.4 Å². The third-order valence-corrected chi connectivity index (χ3v) is 3.71. The van der Waals surface area contributed by atoms with Gasteiger partial charge in [-0.25, -0.2) is 4.79 Å². The highest BCUT2D eigenvalue weighted by atomic mass is 35.5. The Bertz CT molecular complexity index is 582. The molecule has 0 aliphatic carbocycles. The fourth-order valence-corrected chi connectivity index (χ4v) is 2.54. The van der Waals surface area contributed by atoms with Gasteiger partial charge in [0.05, 0.1) is 20.3 Å². The fourth-order valence-electron chi connectivity index (χ4n) is 2.44. The van der Waals surface area contributed by atoms with Gasteiger partial charge in [-0.05, 0) is 12.1 Å². The third kappa shape index (κ3) is 4.19. The number of nitrogens with zero attached hydrogens (tertiary/aromatic N) is 1. The number of benzene rings is 1. The normalized spacial score (nSPS) is 17.1. The standard InChI is InChI=1S/C15H20ClN3O4/c1-22-12-4-3-11(8-13(12)23-2)19-9-10(7-14(19)20)18-15(21)17-6-5-16/h3-4,8,10H,5-7,9H2,1-2H3,(H2,17,18,21)/t10-/m0/s1. The fraction of sp³-hybridized carbons (Fsp3) is 0.467. The molecule has 0 bridgehead atoms. The van der Waals surface area contributed by atoms with Crippen LogP contribution in [0.25, 0.3) is 0 Å². The largest absolute Gasteiger partial charge is 0.493 e. The number of alkyl halides is 1. The van der Waals surface area contributed by atoms with Gasteiger partial charge in [0.2, 0.25) is 5.91 Å². The van der Waals surface area contributed by atoms with Crippen LogP contribution >= 0.6 is 11.6 Å². The van der Waals surface area contributed by atoms with Crippen LogP contribution < -0.4 is 25.0 Å². The Hall–Kier alpha value is -2.15. The van der Waals surface area contributed by atoms with E-state index in [4.69, 9.17) is 21.1 Å². The predicted molar refractivity (Wildman–Crippen MR) is 87.6 cm³/mol. The van der Waals surface area contributed by atoms with Gasteiger partial charge in [0.1, 0.15) is 0 Å². The van der Waals surface area contributed by atoms with Crippen LogP contribution in [0.3, 0.4) is 0 Å². The van der Waals surface area contributed by atoms with Crippen LogP contribution in [-0.2, 0) is 4.79 Å². The predicted octanol–water partition coefficient (Wildman–Crippen LogP) is 1.35. The van der Waals surface area contributed by atoms with Crippen LogP contribution in [0.5, 0.6) is 11.5 Å². The van der Waals surface area contributed by atoms with Gasteiger partial charge in [0, 0.05) is 37.1 Å². The van der Waals surface area contributed by atoms with E-state index in [9.17, 15) is 9.59 Å². The van der Waals surface area contributed by atoms with Crippen molar-refractivity contribution in [3.05, 3.63) is 18.2 Å². The summed E-state index contributed by atoms with van der Waals surface area (Å²) in [7, 11) is 3.09. The van der Waals surface area contributed by atoms with Crippen molar-refractivity contribution in [3.8, 4) is 11.5 Å². The molecule has 0 saturated carbocycles. The molecule has 2 N–H and O–H groups in total. The Morgan fingerprint density at radius 1 is 1.35 bits per heavy atom. The van der Waals surface area contributed by atoms with E-state index in [2.05, 4.69) is 10.6 Å². The summed E-state index contributed by atoms with van der Waals surface area (Å²) >= 11 is 5.51. The molecule has 1 heterocycles. The molecule has 1 aliphatic rings. The Morgan fingerprint density at radius 3 is 2.74 bits per heavy atom. The van der Waals surface area contributed by atoms with Gasteiger partial charge in [0.15, 0.2) is 11.5 Å². The Kier molecular flexibility index (Phi) is 5.92. The van der Waals surface area contributed by atoms with Gasteiger partial charge in [-0.15, -0.1) is 11.6 Å². The molecule has 0 spiro atoms. The van der Waals surface area contributed by atoms with Crippen molar-refractivity contribution >= 4 is 29.2 Å². The second kappa shape index (κ2) is 7.92. The molecular formula is C15H20ClN3O4. The van der Waals surface area contributed by atoms with E-state index >= 15 is 0 Å². The number of carbonyl (C=O) groups is 2. The molecule has 0 unspecified atom stereocenters. The van der Waals surface area contributed by atoms with E-state index in [0.717, 1.165) is 0 Å². The van der Waals surface area contributed by atoms with Crippen LogP contribution in [0.4, 0.5) is 10.5 Å². The Balaban J connectivity index is 2.04. The molecule has 1 saturated heterocycles. The van der Waals surface area contributed by atoms with Crippen molar-refractivity contribution in [2.24, 2.45) is 0 Å². The molecule has 1 atom stereocenters. The lowest BCUT2D eigenvalue weighted by molar-refractivity contribution is -0.117. The van der Waals surface area contributed by atoms with E-state index in [1.54, 1.807) is 37.3 Å². The molecular weight excluding hydrogens is 322 g/mol. The minimum absolute atomic E-state index is 0.0557. The maximum absolute atomic E-state index is 12.2. The van der Waals surface area contributed by atoms with E-state index in [1.165, 1.54) is 0 Å². The van der Waals surface area contributed by atoms with Crippen LogP contribution in [0.15, 0.2) is 18.2 Å². The first-order chi connectivity index (χ1) is 11.1. The first-order valence-electron chi connectivity index (χ1n) is 7.21. The van der Waals surface area contributed by atoms with E-state index in [1.807, 2.05) is 0 Å². The lowest BCUT2D eigenvalue weighted by Crippen LogP contribution is -2.43. The van der Waals surface area contributed by atoms with Crippen LogP contribution in [0.1, 0.15) is 6.42 Å². The summed E-state index contributed by atoms with van der Waals surface area (Å²) in [6.45, 7) is 0.788. The summed E-state index contributed by atoms with van der Waals surface area (Å²) in [5, 5.41) is 5.38. The van der Waals surface area contributed by atoms with Crippen molar-refractivity contribution in [3.63, 3.8) is 0 Å². The van der Waals surface area contributed by atoms with Crippen LogP contribution in [-0.4, -0.2) is 51.2 Å². The minimum atomic E-state index is -0.322. The number of nitrogens with one attached hydrogen (secondary N) is 2. The van der Waals surface area contributed by atoms with Gasteiger partial charge in [0.25, 0.3) is 0 Å². The van der Waals surface area contributed by atoms with Crippen molar-refractivity contribution < 1.29 is 19.1 Å². The molecule has 3 amide bonds. The molecule has 2 rings (SSSR count). The van der Waals surface area contributed by atoms with Crippen molar-refractivity contribution in [2.45, 2.75) is 12.5 Å². The number of rotatable bonds is 6. The second-order valence-electron chi connectivity index (χ2n) is 5.03. The molecule has 8 heteroatoms. The number of hydrogen-bond acceptors (Lipinski definition) is 4. The highest BCUT2D eigenvalue weighted by Gasteiger charge is 2.32. The zero-order valence-corrected chi connectivity index (χ0v) is 13.9. The highest BCUT2D eigenvalue weighted by Crippen LogP contribution is 2.33. The second-order valence-corrected chi connectivity index (χ2v) is 5.41. The molecule has 1 fully saturated rings. The van der Waals surface area contributed by atoms with Crippen molar-refractivity contribution in [1.82, 2.24) is 10.6 Å². The first kappa shape index (κ1) is 17.2. The lowest BCUT2D eigenvalue weighted by atomic mass is 10.2. The quantitative estimate of drug-likeness (QED) is 0.765. The number of methoxy groups -OCH3 is 2. The summed E-state index contributed by atoms with van der Waals surface area (Å²) in [5.41, 5.74) is 0.707. The number of carbonyl (C=O) groups excluding carboxylic acids is 2. The number of halogens is 1. The van der Waals surface area contributed by atoms with Crippen LogP contribution in [0.2, 0.25) is 0 Å². The average Bonchev–Trinajstić information content (AvgIpc) is 2.92. The molecule has 0 radical (unpaired) electrons. The van der Waals surface area contributed by atoms with E-state index in [0.29, 0.717) is 36.2 Å². The number of anilines is 1. The number of urea groups is 1. The zero-order chi connectivity index (χ0) is 16.8. The maximum Gasteiger partial charge on any atom is 0.315 e. The van der Waals surface area contributed by atoms with Crippen molar-refractivity contribution in [1.29, 1.82) is 0 Å². The number of hydrogen-bond donors (Lipinski definition) is 2. The van der Waals surface area contributed by atoms with Gasteiger partial charge < -0.3 is 25.0 Å². The Labute approximate surface area is 139 Å². The Morgan fingerprint density at radius 2 is 2.09 bits per heavy atom. The average molecular weight is 342 g/mol. The molecule has 0 aromatic heterocycles. The first-order valence-corrected chi connectivity index (χ1v) is 7.75. The van der Waals surface area contributed by atoms with Crippen molar-refractivity contribution in [2.75, 3.05) is 38.1 Å². The summed E-state index contributed by atoms with van der Waals surface area (Å²) in [5.74, 6) is 1.43. The van der Waals surface area contributed by atoms with Gasteiger partial charge >= 0.3 is 6.03 Å². The maximum atomic E-state index is 12.2. The number of ether oxygens (including phenoxy) is 2. The summed E-state index contributed by atoms with van der Waals surface area (Å²) < 4.78 is 10.4. The SMILES string of the molecule is COc1ccc(N2C[C@@H](NC(=O)NCCCl)CC2=O)cc1OC. The highest BCUT2D eigenvalue weighted by molar-refractivity contribution is 6.18. The summed E-state index contributed by atoms with van der Waals surface area (Å²) in [4.78, 5) is 25.5. The summed E-state index contributed by atoms with van der Waals surface area (Å²) in [6, 6.07) is 4.71. The molecule has 23 heavy (non-hydrogen) atoms. The van der Waals surface area contributed by atoms with Crippen LogP contribution in [0, 0.1) is 0 Å². The number of amides is 3. The topological polar surface area (TPSA) is 79.9 Å². The third-order valence-electron chi connectivity index (χ3n) is 3.52. The molecule has 1 aromatic rings. The van der Waals surface area contributed by atoms with Gasteiger partial charge in [-0.1, -0.05) is 0 Å². The lowest BCUT2D eigenvalue weighted by Gasteiger charge is -2.19.